The molecule has 0 atom stereocenters. The average Bonchev–Trinajstić information content (AvgIpc) is 2.66. The molecular formula is C10H8N2O3. The Morgan fingerprint density at radius 1 is 1.40 bits per heavy atom. The number of aromatic nitrogens is 2. The molecule has 5 nitrogen and oxygen atoms in total. The van der Waals surface area contributed by atoms with Gasteiger partial charge in [0.05, 0.1) is 0 Å². The van der Waals surface area contributed by atoms with E-state index in [4.69, 9.17) is 9.63 Å². The Bertz CT molecular complexity index is 505. The van der Waals surface area contributed by atoms with Crippen LogP contribution in [0.3, 0.4) is 0 Å². The molecule has 76 valence electrons. The van der Waals surface area contributed by atoms with Gasteiger partial charge in [-0.15, -0.1) is 0 Å². The fourth-order valence-corrected chi connectivity index (χ4v) is 1.20. The Morgan fingerprint density at radius 2 is 2.20 bits per heavy atom. The van der Waals surface area contributed by atoms with Crippen molar-refractivity contribution in [2.24, 2.45) is 0 Å². The largest absolute Gasteiger partial charge is 0.476 e. The first-order valence-electron chi connectivity index (χ1n) is 4.29. The van der Waals surface area contributed by atoms with Gasteiger partial charge in [-0.1, -0.05) is 5.16 Å². The van der Waals surface area contributed by atoms with E-state index in [0.717, 1.165) is 11.1 Å². The standard InChI is InChI=1S/C10H8N2O3/c1-6-2-7(5-11-4-6)9-3-8(10(13)14)12-15-9/h2-5H,1H3,(H,13,14). The zero-order valence-corrected chi connectivity index (χ0v) is 7.97. The Kier molecular flexibility index (Phi) is 2.21. The molecule has 0 bridgehead atoms. The van der Waals surface area contributed by atoms with E-state index in [1.165, 1.54) is 6.07 Å². The molecule has 0 saturated heterocycles. The molecule has 0 unspecified atom stereocenters. The van der Waals surface area contributed by atoms with Gasteiger partial charge in [-0.05, 0) is 18.6 Å². The molecule has 2 rings (SSSR count). The van der Waals surface area contributed by atoms with Crippen LogP contribution in [0, 0.1) is 6.92 Å². The fraction of sp³-hybridized carbons (Fsp3) is 0.100. The summed E-state index contributed by atoms with van der Waals surface area (Å²) < 4.78 is 4.90. The molecule has 0 aliphatic rings. The molecule has 0 fully saturated rings. The van der Waals surface area contributed by atoms with Crippen LogP contribution < -0.4 is 0 Å². The Morgan fingerprint density at radius 3 is 2.80 bits per heavy atom. The topological polar surface area (TPSA) is 76.2 Å². The van der Waals surface area contributed by atoms with E-state index in [1.807, 2.05) is 13.0 Å². The molecule has 1 N–H and O–H groups in total. The first kappa shape index (κ1) is 9.39. The molecule has 0 spiro atoms. The number of carboxylic acid groups (broad SMARTS) is 1. The van der Waals surface area contributed by atoms with Crippen molar-refractivity contribution < 1.29 is 14.4 Å². The van der Waals surface area contributed by atoms with Crippen molar-refractivity contribution in [3.63, 3.8) is 0 Å². The van der Waals surface area contributed by atoms with E-state index in [-0.39, 0.29) is 5.69 Å². The molecule has 0 aliphatic heterocycles. The lowest BCUT2D eigenvalue weighted by Gasteiger charge is -1.94. The highest BCUT2D eigenvalue weighted by Crippen LogP contribution is 2.19. The number of hydrogen-bond donors (Lipinski definition) is 1. The Hall–Kier alpha value is -2.17. The Labute approximate surface area is 85.4 Å². The second-order valence-electron chi connectivity index (χ2n) is 3.13. The van der Waals surface area contributed by atoms with Crippen molar-refractivity contribution in [2.45, 2.75) is 6.92 Å². The molecule has 0 radical (unpaired) electrons. The van der Waals surface area contributed by atoms with E-state index in [0.29, 0.717) is 5.76 Å². The lowest BCUT2D eigenvalue weighted by molar-refractivity contribution is 0.0686. The first-order chi connectivity index (χ1) is 7.16. The van der Waals surface area contributed by atoms with E-state index < -0.39 is 5.97 Å². The monoisotopic (exact) mass is 204 g/mol. The van der Waals surface area contributed by atoms with Gasteiger partial charge in [-0.25, -0.2) is 4.79 Å². The van der Waals surface area contributed by atoms with E-state index in [9.17, 15) is 4.79 Å². The van der Waals surface area contributed by atoms with Gasteiger partial charge in [0.15, 0.2) is 11.5 Å². The van der Waals surface area contributed by atoms with Gasteiger partial charge in [0.2, 0.25) is 0 Å². The molecule has 15 heavy (non-hydrogen) atoms. The number of hydrogen-bond acceptors (Lipinski definition) is 4. The van der Waals surface area contributed by atoms with Crippen molar-refractivity contribution in [3.8, 4) is 11.3 Å². The first-order valence-corrected chi connectivity index (χ1v) is 4.29. The lowest BCUT2D eigenvalue weighted by Crippen LogP contribution is -1.94. The maximum atomic E-state index is 10.6. The molecule has 5 heteroatoms. The van der Waals surface area contributed by atoms with Crippen molar-refractivity contribution in [3.05, 3.63) is 35.8 Å². The SMILES string of the molecule is Cc1cncc(-c2cc(C(=O)O)no2)c1. The summed E-state index contributed by atoms with van der Waals surface area (Å²) in [6.07, 6.45) is 3.30. The summed E-state index contributed by atoms with van der Waals surface area (Å²) in [5.74, 6) is -0.700. The van der Waals surface area contributed by atoms with Crippen LogP contribution in [0.25, 0.3) is 11.3 Å². The number of carboxylic acids is 1. The van der Waals surface area contributed by atoms with Gasteiger partial charge in [0, 0.05) is 24.0 Å². The fourth-order valence-electron chi connectivity index (χ4n) is 1.20. The van der Waals surface area contributed by atoms with Gasteiger partial charge in [0.25, 0.3) is 0 Å². The van der Waals surface area contributed by atoms with Crippen LogP contribution >= 0.6 is 0 Å². The van der Waals surface area contributed by atoms with Crippen LogP contribution in [0.4, 0.5) is 0 Å². The molecular weight excluding hydrogens is 196 g/mol. The number of pyridine rings is 1. The van der Waals surface area contributed by atoms with Crippen LogP contribution in [-0.2, 0) is 0 Å². The predicted octanol–water partition coefficient (Wildman–Crippen LogP) is 1.74. The van der Waals surface area contributed by atoms with E-state index in [2.05, 4.69) is 10.1 Å². The summed E-state index contributed by atoms with van der Waals surface area (Å²) in [7, 11) is 0. The number of aromatic carboxylic acids is 1. The number of rotatable bonds is 2. The molecule has 0 amide bonds. The molecule has 0 aromatic carbocycles. The zero-order chi connectivity index (χ0) is 10.8. The summed E-state index contributed by atoms with van der Waals surface area (Å²) in [5.41, 5.74) is 1.59. The number of carbonyl (C=O) groups is 1. The number of nitrogens with zero attached hydrogens (tertiary/aromatic N) is 2. The highest BCUT2D eigenvalue weighted by molar-refractivity contribution is 5.86. The molecule has 0 saturated carbocycles. The summed E-state index contributed by atoms with van der Waals surface area (Å²) in [4.78, 5) is 14.6. The summed E-state index contributed by atoms with van der Waals surface area (Å²) in [6.45, 7) is 1.89. The second kappa shape index (κ2) is 3.53. The normalized spacial score (nSPS) is 10.2. The van der Waals surface area contributed by atoms with Crippen molar-refractivity contribution in [1.29, 1.82) is 0 Å². The molecule has 2 aromatic heterocycles. The highest BCUT2D eigenvalue weighted by Gasteiger charge is 2.12. The summed E-state index contributed by atoms with van der Waals surface area (Å²) in [5, 5.41) is 12.1. The summed E-state index contributed by atoms with van der Waals surface area (Å²) in [6, 6.07) is 3.22. The van der Waals surface area contributed by atoms with Crippen molar-refractivity contribution >= 4 is 5.97 Å². The average molecular weight is 204 g/mol. The maximum absolute atomic E-state index is 10.6. The predicted molar refractivity (Wildman–Crippen MR) is 51.4 cm³/mol. The minimum absolute atomic E-state index is 0.105. The summed E-state index contributed by atoms with van der Waals surface area (Å²) >= 11 is 0. The molecule has 2 heterocycles. The lowest BCUT2D eigenvalue weighted by atomic mass is 10.2. The van der Waals surface area contributed by atoms with Crippen LogP contribution in [0.2, 0.25) is 0 Å². The zero-order valence-electron chi connectivity index (χ0n) is 7.97. The molecule has 0 aliphatic carbocycles. The third-order valence-corrected chi connectivity index (χ3v) is 1.89. The maximum Gasteiger partial charge on any atom is 0.358 e. The smallest absolute Gasteiger partial charge is 0.358 e. The van der Waals surface area contributed by atoms with E-state index >= 15 is 0 Å². The third kappa shape index (κ3) is 1.85. The van der Waals surface area contributed by atoms with Crippen LogP contribution in [0.15, 0.2) is 29.0 Å². The van der Waals surface area contributed by atoms with Gasteiger partial charge in [0.1, 0.15) is 0 Å². The second-order valence-corrected chi connectivity index (χ2v) is 3.13. The van der Waals surface area contributed by atoms with Crippen molar-refractivity contribution in [2.75, 3.05) is 0 Å². The third-order valence-electron chi connectivity index (χ3n) is 1.89. The minimum atomic E-state index is -1.11. The number of aryl methyl sites for hydroxylation is 1. The molecule has 2 aromatic rings. The minimum Gasteiger partial charge on any atom is -0.476 e. The Balaban J connectivity index is 2.41. The van der Waals surface area contributed by atoms with Gasteiger partial charge in [-0.3, -0.25) is 4.98 Å². The van der Waals surface area contributed by atoms with Gasteiger partial charge >= 0.3 is 5.97 Å². The van der Waals surface area contributed by atoms with Gasteiger partial charge < -0.3 is 9.63 Å². The van der Waals surface area contributed by atoms with Crippen molar-refractivity contribution in [1.82, 2.24) is 10.1 Å². The van der Waals surface area contributed by atoms with Crippen LogP contribution in [0.1, 0.15) is 16.1 Å². The van der Waals surface area contributed by atoms with Crippen LogP contribution in [0.5, 0.6) is 0 Å². The quantitative estimate of drug-likeness (QED) is 0.806. The van der Waals surface area contributed by atoms with Crippen LogP contribution in [-0.4, -0.2) is 21.2 Å². The highest BCUT2D eigenvalue weighted by atomic mass is 16.5. The van der Waals surface area contributed by atoms with E-state index in [1.54, 1.807) is 12.4 Å². The van der Waals surface area contributed by atoms with Gasteiger partial charge in [-0.2, -0.15) is 0 Å².